The van der Waals surface area contributed by atoms with Crippen LogP contribution >= 0.6 is 0 Å². The Kier molecular flexibility index (Phi) is 5.92. The number of hydrogen-bond donors (Lipinski definition) is 1. The molecule has 1 aliphatic rings. The van der Waals surface area contributed by atoms with Crippen LogP contribution in [0, 0.1) is 17.6 Å². The lowest BCUT2D eigenvalue weighted by molar-refractivity contribution is -0.139. The highest BCUT2D eigenvalue weighted by molar-refractivity contribution is 5.83. The van der Waals surface area contributed by atoms with Crippen molar-refractivity contribution in [2.45, 2.75) is 25.3 Å². The molecule has 0 saturated heterocycles. The number of halogens is 2. The Labute approximate surface area is 161 Å². The lowest BCUT2D eigenvalue weighted by Crippen LogP contribution is -2.34. The van der Waals surface area contributed by atoms with Crippen molar-refractivity contribution in [1.82, 2.24) is 4.90 Å². The molecule has 0 unspecified atom stereocenters. The van der Waals surface area contributed by atoms with E-state index in [-0.39, 0.29) is 42.8 Å². The molecule has 28 heavy (non-hydrogen) atoms. The highest BCUT2D eigenvalue weighted by Gasteiger charge is 2.46. The average Bonchev–Trinajstić information content (AvgIpc) is 3.48. The van der Waals surface area contributed by atoms with Gasteiger partial charge in [0, 0.05) is 24.6 Å². The number of benzene rings is 2. The molecule has 0 heterocycles. The second-order valence-electron chi connectivity index (χ2n) is 6.84. The molecule has 0 spiro atoms. The van der Waals surface area contributed by atoms with Gasteiger partial charge in [-0.05, 0) is 36.1 Å². The summed E-state index contributed by atoms with van der Waals surface area (Å²) in [5.41, 5.74) is 0.991. The maximum Gasteiger partial charge on any atom is 0.305 e. The second-order valence-corrected chi connectivity index (χ2v) is 6.84. The zero-order chi connectivity index (χ0) is 20.3. The number of aliphatic carboxylic acids is 1. The predicted octanol–water partition coefficient (Wildman–Crippen LogP) is 3.58. The Hall–Kier alpha value is -2.96. The average molecular weight is 389 g/mol. The molecule has 0 aliphatic heterocycles. The number of hydrogen-bond acceptors (Lipinski definition) is 3. The third-order valence-corrected chi connectivity index (χ3v) is 4.93. The summed E-state index contributed by atoms with van der Waals surface area (Å²) in [6.07, 6.45) is 0.362. The molecule has 0 aromatic heterocycles. The lowest BCUT2D eigenvalue weighted by Gasteiger charge is -2.23. The third-order valence-electron chi connectivity index (χ3n) is 4.93. The van der Waals surface area contributed by atoms with E-state index in [4.69, 9.17) is 9.84 Å². The minimum atomic E-state index is -1.06. The van der Waals surface area contributed by atoms with Gasteiger partial charge in [0.05, 0.1) is 13.5 Å². The zero-order valence-corrected chi connectivity index (χ0v) is 15.4. The van der Waals surface area contributed by atoms with E-state index in [0.29, 0.717) is 12.2 Å². The summed E-state index contributed by atoms with van der Waals surface area (Å²) in [6.45, 7) is -0.234. The largest absolute Gasteiger partial charge is 0.497 e. The van der Waals surface area contributed by atoms with E-state index in [1.54, 1.807) is 7.11 Å². The van der Waals surface area contributed by atoms with Gasteiger partial charge in [0.15, 0.2) is 11.6 Å². The number of methoxy groups -OCH3 is 1. The van der Waals surface area contributed by atoms with Gasteiger partial charge in [-0.3, -0.25) is 9.59 Å². The molecule has 7 heteroatoms. The monoisotopic (exact) mass is 389 g/mol. The lowest BCUT2D eigenvalue weighted by atomic mass is 10.1. The van der Waals surface area contributed by atoms with Crippen LogP contribution in [-0.4, -0.2) is 35.5 Å². The molecule has 1 amide bonds. The smallest absolute Gasteiger partial charge is 0.305 e. The number of carbonyl (C=O) groups excluding carboxylic acids is 1. The van der Waals surface area contributed by atoms with Crippen LogP contribution in [-0.2, 0) is 16.1 Å². The van der Waals surface area contributed by atoms with E-state index < -0.39 is 17.6 Å². The topological polar surface area (TPSA) is 66.8 Å². The Bertz CT molecular complexity index is 886. The summed E-state index contributed by atoms with van der Waals surface area (Å²) in [7, 11) is 1.57. The Morgan fingerprint density at radius 2 is 1.96 bits per heavy atom. The fourth-order valence-corrected chi connectivity index (χ4v) is 3.32. The first-order valence-corrected chi connectivity index (χ1v) is 8.98. The van der Waals surface area contributed by atoms with Crippen LogP contribution in [0.2, 0.25) is 0 Å². The quantitative estimate of drug-likeness (QED) is 0.749. The normalized spacial score (nSPS) is 17.8. The molecular formula is C21H21F2NO4. The number of carbonyl (C=O) groups is 2. The minimum absolute atomic E-state index is 0.00674. The molecule has 0 radical (unpaired) electrons. The first-order chi connectivity index (χ1) is 13.4. The standard InChI is InChI=1S/C21H21F2NO4/c1-28-15-6-2-4-13(10-15)16-11-17(16)21(27)24(9-8-19(25)26)12-14-5-3-7-18(22)20(14)23/h2-7,10,16-17H,8-9,11-12H2,1H3,(H,25,26)/t16-,17+/m1/s1. The number of nitrogens with zero attached hydrogens (tertiary/aromatic N) is 1. The van der Waals surface area contributed by atoms with Crippen molar-refractivity contribution in [2.75, 3.05) is 13.7 Å². The first kappa shape index (κ1) is 19.8. The molecule has 2 atom stereocenters. The van der Waals surface area contributed by atoms with Gasteiger partial charge < -0.3 is 14.7 Å². The number of rotatable bonds is 8. The van der Waals surface area contributed by atoms with Crippen molar-refractivity contribution in [2.24, 2.45) is 5.92 Å². The van der Waals surface area contributed by atoms with Gasteiger partial charge >= 0.3 is 5.97 Å². The summed E-state index contributed by atoms with van der Waals surface area (Å²) in [5.74, 6) is -2.93. The van der Waals surface area contributed by atoms with Crippen LogP contribution in [0.3, 0.4) is 0 Å². The van der Waals surface area contributed by atoms with Crippen LogP contribution < -0.4 is 4.74 Å². The van der Waals surface area contributed by atoms with E-state index in [1.165, 1.54) is 17.0 Å². The molecule has 2 aromatic rings. The number of carboxylic acid groups (broad SMARTS) is 1. The van der Waals surface area contributed by atoms with Gasteiger partial charge in [-0.1, -0.05) is 24.3 Å². The molecule has 1 aliphatic carbocycles. The van der Waals surface area contributed by atoms with Gasteiger partial charge in [0.25, 0.3) is 0 Å². The molecule has 0 bridgehead atoms. The minimum Gasteiger partial charge on any atom is -0.497 e. The third kappa shape index (κ3) is 4.47. The first-order valence-electron chi connectivity index (χ1n) is 8.98. The number of amides is 1. The molecule has 2 aromatic carbocycles. The summed E-state index contributed by atoms with van der Waals surface area (Å²) in [4.78, 5) is 25.2. The van der Waals surface area contributed by atoms with Gasteiger partial charge in [-0.15, -0.1) is 0 Å². The molecule has 5 nitrogen and oxygen atoms in total. The summed E-state index contributed by atoms with van der Waals surface area (Å²) in [5, 5.41) is 8.96. The highest BCUT2D eigenvalue weighted by atomic mass is 19.2. The van der Waals surface area contributed by atoms with Gasteiger partial charge in [-0.2, -0.15) is 0 Å². The predicted molar refractivity (Wildman–Crippen MR) is 97.9 cm³/mol. The summed E-state index contributed by atoms with van der Waals surface area (Å²) < 4.78 is 32.7. The van der Waals surface area contributed by atoms with Crippen LogP contribution in [0.15, 0.2) is 42.5 Å². The Morgan fingerprint density at radius 3 is 2.68 bits per heavy atom. The second kappa shape index (κ2) is 8.37. The van der Waals surface area contributed by atoms with E-state index in [9.17, 15) is 18.4 Å². The van der Waals surface area contributed by atoms with E-state index in [0.717, 1.165) is 11.6 Å². The highest BCUT2D eigenvalue weighted by Crippen LogP contribution is 2.49. The number of ether oxygens (including phenoxy) is 1. The fraction of sp³-hybridized carbons (Fsp3) is 0.333. The summed E-state index contributed by atoms with van der Waals surface area (Å²) >= 11 is 0. The summed E-state index contributed by atoms with van der Waals surface area (Å²) in [6, 6.07) is 11.2. The molecule has 148 valence electrons. The van der Waals surface area contributed by atoms with E-state index in [1.807, 2.05) is 24.3 Å². The van der Waals surface area contributed by atoms with Crippen molar-refractivity contribution in [3.8, 4) is 5.75 Å². The van der Waals surface area contributed by atoms with Crippen molar-refractivity contribution >= 4 is 11.9 Å². The fourth-order valence-electron chi connectivity index (χ4n) is 3.32. The van der Waals surface area contributed by atoms with E-state index >= 15 is 0 Å². The molecule has 3 rings (SSSR count). The van der Waals surface area contributed by atoms with Crippen LogP contribution in [0.25, 0.3) is 0 Å². The van der Waals surface area contributed by atoms with Crippen molar-refractivity contribution in [3.63, 3.8) is 0 Å². The molecule has 1 saturated carbocycles. The van der Waals surface area contributed by atoms with E-state index in [2.05, 4.69) is 0 Å². The van der Waals surface area contributed by atoms with Gasteiger partial charge in [0.2, 0.25) is 5.91 Å². The number of carboxylic acids is 1. The SMILES string of the molecule is COc1cccc([C@H]2C[C@@H]2C(=O)N(CCC(=O)O)Cc2cccc(F)c2F)c1. The maximum atomic E-state index is 14.0. The Morgan fingerprint density at radius 1 is 1.21 bits per heavy atom. The van der Waals surface area contributed by atoms with Gasteiger partial charge in [0.1, 0.15) is 5.75 Å². The molecule has 1 N–H and O–H groups in total. The van der Waals surface area contributed by atoms with Crippen LogP contribution in [0.1, 0.15) is 29.9 Å². The maximum absolute atomic E-state index is 14.0. The molecule has 1 fully saturated rings. The molecular weight excluding hydrogens is 368 g/mol. The van der Waals surface area contributed by atoms with Crippen LogP contribution in [0.5, 0.6) is 5.75 Å². The zero-order valence-electron chi connectivity index (χ0n) is 15.4. The van der Waals surface area contributed by atoms with Crippen LogP contribution in [0.4, 0.5) is 8.78 Å². The van der Waals surface area contributed by atoms with Crippen molar-refractivity contribution in [3.05, 3.63) is 65.2 Å². The van der Waals surface area contributed by atoms with Crippen molar-refractivity contribution in [1.29, 1.82) is 0 Å². The van der Waals surface area contributed by atoms with Crippen molar-refractivity contribution < 1.29 is 28.2 Å². The van der Waals surface area contributed by atoms with Gasteiger partial charge in [-0.25, -0.2) is 8.78 Å². The Balaban J connectivity index is 1.75.